The summed E-state index contributed by atoms with van der Waals surface area (Å²) in [6.07, 6.45) is 3.71. The zero-order chi connectivity index (χ0) is 21.5. The Hall–Kier alpha value is -2.34. The Kier molecular flexibility index (Phi) is 7.62. The van der Waals surface area contributed by atoms with E-state index < -0.39 is 0 Å². The van der Waals surface area contributed by atoms with E-state index in [2.05, 4.69) is 40.2 Å². The fraction of sp³-hybridized carbons (Fsp3) is 0.280. The minimum absolute atomic E-state index is 0.106. The highest BCUT2D eigenvalue weighted by atomic mass is 35.5. The van der Waals surface area contributed by atoms with E-state index in [0.717, 1.165) is 43.3 Å². The maximum Gasteiger partial charge on any atom is 0.232 e. The predicted molar refractivity (Wildman–Crippen MR) is 128 cm³/mol. The van der Waals surface area contributed by atoms with Gasteiger partial charge in [0.25, 0.3) is 0 Å². The molecule has 3 aromatic rings. The molecule has 0 bridgehead atoms. The van der Waals surface area contributed by atoms with Crippen molar-refractivity contribution in [3.63, 3.8) is 0 Å². The Bertz CT molecular complexity index is 961. The van der Waals surface area contributed by atoms with Crippen LogP contribution in [0, 0.1) is 0 Å². The molecule has 160 valence electrons. The van der Waals surface area contributed by atoms with Crippen LogP contribution in [0.1, 0.15) is 21.9 Å². The van der Waals surface area contributed by atoms with Crippen molar-refractivity contribution in [2.45, 2.75) is 11.8 Å². The second-order valence-electron chi connectivity index (χ2n) is 7.67. The van der Waals surface area contributed by atoms with Gasteiger partial charge >= 0.3 is 0 Å². The minimum Gasteiger partial charge on any atom is -0.339 e. The van der Waals surface area contributed by atoms with Crippen molar-refractivity contribution >= 4 is 29.3 Å². The predicted octanol–water partition coefficient (Wildman–Crippen LogP) is 4.90. The summed E-state index contributed by atoms with van der Waals surface area (Å²) in [4.78, 5) is 21.5. The summed E-state index contributed by atoms with van der Waals surface area (Å²) in [6.45, 7) is 4.22. The lowest BCUT2D eigenvalue weighted by Crippen LogP contribution is -2.48. The maximum atomic E-state index is 12.9. The van der Waals surface area contributed by atoms with E-state index in [4.69, 9.17) is 11.6 Å². The molecule has 1 amide bonds. The van der Waals surface area contributed by atoms with Gasteiger partial charge in [0.15, 0.2) is 0 Å². The summed E-state index contributed by atoms with van der Waals surface area (Å²) in [6, 6.07) is 22.3. The number of halogens is 1. The number of carbonyl (C=O) groups is 1. The van der Waals surface area contributed by atoms with Gasteiger partial charge in [0, 0.05) is 50.1 Å². The molecule has 0 radical (unpaired) electrons. The highest BCUT2D eigenvalue weighted by Gasteiger charge is 2.23. The second kappa shape index (κ2) is 10.8. The topological polar surface area (TPSA) is 36.4 Å². The minimum atomic E-state index is 0.106. The van der Waals surface area contributed by atoms with Crippen LogP contribution in [-0.4, -0.2) is 52.6 Å². The van der Waals surface area contributed by atoms with Gasteiger partial charge in [-0.1, -0.05) is 60.1 Å². The number of hydrogen-bond donors (Lipinski definition) is 0. The molecule has 6 heteroatoms. The third-order valence-corrected chi connectivity index (χ3v) is 7.05. The molecule has 1 aromatic heterocycles. The first-order valence-electron chi connectivity index (χ1n) is 10.5. The van der Waals surface area contributed by atoms with E-state index in [1.807, 2.05) is 47.5 Å². The largest absolute Gasteiger partial charge is 0.339 e. The van der Waals surface area contributed by atoms with Crippen LogP contribution in [0.2, 0.25) is 5.02 Å². The first-order chi connectivity index (χ1) is 15.2. The lowest BCUT2D eigenvalue weighted by molar-refractivity contribution is -0.130. The van der Waals surface area contributed by atoms with Gasteiger partial charge in [-0.3, -0.25) is 14.7 Å². The zero-order valence-corrected chi connectivity index (χ0v) is 18.9. The molecule has 0 saturated carbocycles. The molecule has 2 heterocycles. The third-order valence-electron chi connectivity index (χ3n) is 5.50. The summed E-state index contributed by atoms with van der Waals surface area (Å²) < 4.78 is 0. The summed E-state index contributed by atoms with van der Waals surface area (Å²) in [5, 5.41) is 0.829. The standard InChI is InChI=1S/C25H26ClN3OS/c26-23-10-8-22(9-11-23)25(21-6-2-1-3-7-21)31-19-24(30)29-15-13-28(14-16-29)18-20-5-4-12-27-17-20/h1-12,17,25H,13-16,18-19H2. The lowest BCUT2D eigenvalue weighted by atomic mass is 10.0. The van der Waals surface area contributed by atoms with Gasteiger partial charge in [-0.15, -0.1) is 11.8 Å². The van der Waals surface area contributed by atoms with Crippen molar-refractivity contribution in [3.8, 4) is 0 Å². The molecular formula is C25H26ClN3OS. The van der Waals surface area contributed by atoms with Crippen LogP contribution in [0.3, 0.4) is 0 Å². The quantitative estimate of drug-likeness (QED) is 0.511. The molecule has 1 unspecified atom stereocenters. The number of aromatic nitrogens is 1. The monoisotopic (exact) mass is 451 g/mol. The number of amides is 1. The van der Waals surface area contributed by atoms with Gasteiger partial charge in [0.2, 0.25) is 5.91 Å². The lowest BCUT2D eigenvalue weighted by Gasteiger charge is -2.35. The fourth-order valence-corrected chi connectivity index (χ4v) is 5.12. The summed E-state index contributed by atoms with van der Waals surface area (Å²) in [5.74, 6) is 0.672. The number of benzene rings is 2. The fourth-order valence-electron chi connectivity index (χ4n) is 3.80. The first kappa shape index (κ1) is 21.9. The van der Waals surface area contributed by atoms with E-state index in [1.54, 1.807) is 18.0 Å². The van der Waals surface area contributed by atoms with Crippen LogP contribution in [-0.2, 0) is 11.3 Å². The first-order valence-corrected chi connectivity index (χ1v) is 11.9. The molecule has 4 rings (SSSR count). The molecule has 1 atom stereocenters. The highest BCUT2D eigenvalue weighted by Crippen LogP contribution is 2.36. The Morgan fingerprint density at radius 3 is 2.32 bits per heavy atom. The van der Waals surface area contributed by atoms with Gasteiger partial charge in [-0.2, -0.15) is 0 Å². The second-order valence-corrected chi connectivity index (χ2v) is 9.20. The zero-order valence-electron chi connectivity index (χ0n) is 17.4. The number of rotatable bonds is 7. The van der Waals surface area contributed by atoms with E-state index in [1.165, 1.54) is 11.1 Å². The molecular weight excluding hydrogens is 426 g/mol. The van der Waals surface area contributed by atoms with Crippen LogP contribution in [0.25, 0.3) is 0 Å². The number of hydrogen-bond acceptors (Lipinski definition) is 4. The summed E-state index contributed by atoms with van der Waals surface area (Å²) in [7, 11) is 0. The normalized spacial score (nSPS) is 15.6. The smallest absolute Gasteiger partial charge is 0.232 e. The van der Waals surface area contributed by atoms with Crippen LogP contribution in [0.4, 0.5) is 0 Å². The molecule has 1 fully saturated rings. The Morgan fingerprint density at radius 2 is 1.65 bits per heavy atom. The van der Waals surface area contributed by atoms with Gasteiger partial charge in [0.05, 0.1) is 11.0 Å². The van der Waals surface area contributed by atoms with Gasteiger partial charge in [-0.05, 0) is 34.9 Å². The van der Waals surface area contributed by atoms with Crippen molar-refractivity contribution in [1.29, 1.82) is 0 Å². The van der Waals surface area contributed by atoms with E-state index in [0.29, 0.717) is 5.75 Å². The van der Waals surface area contributed by atoms with E-state index in [9.17, 15) is 4.79 Å². The van der Waals surface area contributed by atoms with Gasteiger partial charge < -0.3 is 4.90 Å². The van der Waals surface area contributed by atoms with E-state index >= 15 is 0 Å². The van der Waals surface area contributed by atoms with Crippen LogP contribution >= 0.6 is 23.4 Å². The van der Waals surface area contributed by atoms with Gasteiger partial charge in [0.1, 0.15) is 0 Å². The van der Waals surface area contributed by atoms with Crippen LogP contribution < -0.4 is 0 Å². The maximum absolute atomic E-state index is 12.9. The Morgan fingerprint density at radius 1 is 0.935 bits per heavy atom. The highest BCUT2D eigenvalue weighted by molar-refractivity contribution is 8.00. The molecule has 2 aromatic carbocycles. The van der Waals surface area contributed by atoms with Crippen LogP contribution in [0.5, 0.6) is 0 Å². The molecule has 0 aliphatic carbocycles. The van der Waals surface area contributed by atoms with Gasteiger partial charge in [-0.25, -0.2) is 0 Å². The van der Waals surface area contributed by atoms with Crippen molar-refractivity contribution in [2.24, 2.45) is 0 Å². The average Bonchev–Trinajstić information content (AvgIpc) is 2.82. The third kappa shape index (κ3) is 6.10. The Labute approximate surface area is 193 Å². The number of pyridine rings is 1. The number of thioether (sulfide) groups is 1. The molecule has 0 N–H and O–H groups in total. The molecule has 4 nitrogen and oxygen atoms in total. The number of carbonyl (C=O) groups excluding carboxylic acids is 1. The van der Waals surface area contributed by atoms with Crippen LogP contribution in [0.15, 0.2) is 79.1 Å². The molecule has 0 spiro atoms. The molecule has 31 heavy (non-hydrogen) atoms. The summed E-state index contributed by atoms with van der Waals surface area (Å²) in [5.41, 5.74) is 3.57. The Balaban J connectivity index is 1.33. The van der Waals surface area contributed by atoms with Crippen molar-refractivity contribution in [1.82, 2.24) is 14.8 Å². The molecule has 1 saturated heterocycles. The SMILES string of the molecule is O=C(CSC(c1ccccc1)c1ccc(Cl)cc1)N1CCN(Cc2cccnc2)CC1. The van der Waals surface area contributed by atoms with E-state index in [-0.39, 0.29) is 11.2 Å². The number of piperazine rings is 1. The van der Waals surface area contributed by atoms with Crippen molar-refractivity contribution in [3.05, 3.63) is 101 Å². The summed E-state index contributed by atoms with van der Waals surface area (Å²) >= 11 is 7.76. The van der Waals surface area contributed by atoms with Crippen molar-refractivity contribution in [2.75, 3.05) is 31.9 Å². The van der Waals surface area contributed by atoms with Crippen molar-refractivity contribution < 1.29 is 4.79 Å². The number of nitrogens with zero attached hydrogens (tertiary/aromatic N) is 3. The molecule has 1 aliphatic rings. The molecule has 1 aliphatic heterocycles. The average molecular weight is 452 g/mol.